The molecule has 3 nitrogen and oxygen atoms in total. The van der Waals surface area contributed by atoms with Crippen LogP contribution in [0.1, 0.15) is 37.7 Å². The molecule has 1 saturated heterocycles. The van der Waals surface area contributed by atoms with Crippen LogP contribution in [-0.2, 0) is 9.47 Å². The standard InChI is InChI=1S/C17H26ClNO2/c1-13-6-7-17(21-13)11-15(12-19-8-9-20-2)14-4-3-5-16(18)10-14/h3-5,10,13,15,17,19H,6-9,11-12H2,1-2H3. The quantitative estimate of drug-likeness (QED) is 0.744. The van der Waals surface area contributed by atoms with E-state index in [2.05, 4.69) is 24.4 Å². The van der Waals surface area contributed by atoms with Crippen molar-refractivity contribution < 1.29 is 9.47 Å². The van der Waals surface area contributed by atoms with Gasteiger partial charge in [0.15, 0.2) is 0 Å². The molecule has 3 unspecified atom stereocenters. The summed E-state index contributed by atoms with van der Waals surface area (Å²) in [6, 6.07) is 8.18. The second-order valence-corrected chi connectivity index (χ2v) is 6.27. The zero-order valence-corrected chi connectivity index (χ0v) is 13.7. The molecule has 0 aromatic heterocycles. The van der Waals surface area contributed by atoms with Crippen molar-refractivity contribution in [3.8, 4) is 0 Å². The Morgan fingerprint density at radius 3 is 2.95 bits per heavy atom. The predicted octanol–water partition coefficient (Wildman–Crippen LogP) is 3.62. The topological polar surface area (TPSA) is 30.5 Å². The van der Waals surface area contributed by atoms with Gasteiger partial charge in [0.25, 0.3) is 0 Å². The molecular formula is C17H26ClNO2. The summed E-state index contributed by atoms with van der Waals surface area (Å²) in [7, 11) is 1.73. The number of halogens is 1. The van der Waals surface area contributed by atoms with Gasteiger partial charge in [0, 0.05) is 25.2 Å². The fraction of sp³-hybridized carbons (Fsp3) is 0.647. The van der Waals surface area contributed by atoms with Gasteiger partial charge in [-0.1, -0.05) is 23.7 Å². The predicted molar refractivity (Wildman–Crippen MR) is 87.1 cm³/mol. The lowest BCUT2D eigenvalue weighted by molar-refractivity contribution is 0.0465. The first-order chi connectivity index (χ1) is 10.2. The van der Waals surface area contributed by atoms with Crippen LogP contribution in [0.15, 0.2) is 24.3 Å². The van der Waals surface area contributed by atoms with E-state index in [1.54, 1.807) is 7.11 Å². The van der Waals surface area contributed by atoms with Gasteiger partial charge in [-0.05, 0) is 49.8 Å². The molecule has 0 aliphatic carbocycles. The van der Waals surface area contributed by atoms with Gasteiger partial charge in [0.2, 0.25) is 0 Å². The Labute approximate surface area is 133 Å². The van der Waals surface area contributed by atoms with E-state index in [4.69, 9.17) is 21.1 Å². The van der Waals surface area contributed by atoms with Crippen molar-refractivity contribution in [1.29, 1.82) is 0 Å². The Hall–Kier alpha value is -0.610. The molecule has 0 spiro atoms. The second-order valence-electron chi connectivity index (χ2n) is 5.83. The van der Waals surface area contributed by atoms with Crippen molar-refractivity contribution in [3.05, 3.63) is 34.9 Å². The van der Waals surface area contributed by atoms with Crippen LogP contribution >= 0.6 is 11.6 Å². The summed E-state index contributed by atoms with van der Waals surface area (Å²) >= 11 is 6.14. The van der Waals surface area contributed by atoms with Crippen LogP contribution in [0.2, 0.25) is 5.02 Å². The third-order valence-corrected chi connectivity index (χ3v) is 4.30. The fourth-order valence-corrected chi connectivity index (χ4v) is 3.12. The Balaban J connectivity index is 1.96. The van der Waals surface area contributed by atoms with Crippen molar-refractivity contribution in [2.75, 3.05) is 26.8 Å². The summed E-state index contributed by atoms with van der Waals surface area (Å²) in [6.07, 6.45) is 4.15. The number of nitrogens with one attached hydrogen (secondary N) is 1. The highest BCUT2D eigenvalue weighted by atomic mass is 35.5. The number of ether oxygens (including phenoxy) is 2. The highest BCUT2D eigenvalue weighted by Gasteiger charge is 2.25. The molecule has 1 heterocycles. The van der Waals surface area contributed by atoms with Gasteiger partial charge in [-0.3, -0.25) is 0 Å². The maximum Gasteiger partial charge on any atom is 0.0587 e. The van der Waals surface area contributed by atoms with E-state index in [0.29, 0.717) is 18.1 Å². The van der Waals surface area contributed by atoms with Gasteiger partial charge in [-0.15, -0.1) is 0 Å². The van der Waals surface area contributed by atoms with Crippen LogP contribution in [-0.4, -0.2) is 39.0 Å². The monoisotopic (exact) mass is 311 g/mol. The smallest absolute Gasteiger partial charge is 0.0587 e. The van der Waals surface area contributed by atoms with Crippen LogP contribution < -0.4 is 5.32 Å². The molecule has 1 aromatic rings. The molecule has 0 bridgehead atoms. The van der Waals surface area contributed by atoms with Crippen LogP contribution in [0.5, 0.6) is 0 Å². The third-order valence-electron chi connectivity index (χ3n) is 4.06. The van der Waals surface area contributed by atoms with Crippen LogP contribution in [0.4, 0.5) is 0 Å². The molecule has 1 aliphatic rings. The normalized spacial score (nSPS) is 23.4. The van der Waals surface area contributed by atoms with E-state index in [9.17, 15) is 0 Å². The van der Waals surface area contributed by atoms with Gasteiger partial charge in [-0.25, -0.2) is 0 Å². The molecule has 3 atom stereocenters. The zero-order valence-electron chi connectivity index (χ0n) is 13.0. The lowest BCUT2D eigenvalue weighted by Crippen LogP contribution is -2.27. The van der Waals surface area contributed by atoms with Gasteiger partial charge >= 0.3 is 0 Å². The van der Waals surface area contributed by atoms with Gasteiger partial charge in [0.1, 0.15) is 0 Å². The zero-order chi connectivity index (χ0) is 15.1. The van der Waals surface area contributed by atoms with E-state index in [1.807, 2.05) is 12.1 Å². The number of hydrogen-bond donors (Lipinski definition) is 1. The molecule has 1 fully saturated rings. The average molecular weight is 312 g/mol. The Kier molecular flexibility index (Phi) is 6.97. The number of hydrogen-bond acceptors (Lipinski definition) is 3. The highest BCUT2D eigenvalue weighted by Crippen LogP contribution is 2.30. The SMILES string of the molecule is COCCNCC(CC1CCC(C)O1)c1cccc(Cl)c1. The first-order valence-electron chi connectivity index (χ1n) is 7.79. The van der Waals surface area contributed by atoms with Crippen molar-refractivity contribution in [1.82, 2.24) is 5.32 Å². The maximum absolute atomic E-state index is 6.14. The summed E-state index contributed by atoms with van der Waals surface area (Å²) in [5.41, 5.74) is 1.29. The molecule has 21 heavy (non-hydrogen) atoms. The number of methoxy groups -OCH3 is 1. The highest BCUT2D eigenvalue weighted by molar-refractivity contribution is 6.30. The summed E-state index contributed by atoms with van der Waals surface area (Å²) < 4.78 is 11.1. The molecule has 0 amide bonds. The number of benzene rings is 1. The van der Waals surface area contributed by atoms with Crippen molar-refractivity contribution in [3.63, 3.8) is 0 Å². The summed E-state index contributed by atoms with van der Waals surface area (Å²) in [6.45, 7) is 4.69. The van der Waals surface area contributed by atoms with E-state index in [0.717, 1.165) is 37.6 Å². The van der Waals surface area contributed by atoms with E-state index >= 15 is 0 Å². The van der Waals surface area contributed by atoms with Gasteiger partial charge in [-0.2, -0.15) is 0 Å². The summed E-state index contributed by atoms with van der Waals surface area (Å²) in [5, 5.41) is 4.27. The van der Waals surface area contributed by atoms with E-state index in [1.165, 1.54) is 12.0 Å². The lowest BCUT2D eigenvalue weighted by Gasteiger charge is -2.22. The van der Waals surface area contributed by atoms with Crippen LogP contribution in [0.3, 0.4) is 0 Å². The molecule has 1 N–H and O–H groups in total. The molecule has 118 valence electrons. The van der Waals surface area contributed by atoms with Gasteiger partial charge < -0.3 is 14.8 Å². The van der Waals surface area contributed by atoms with E-state index in [-0.39, 0.29) is 0 Å². The fourth-order valence-electron chi connectivity index (χ4n) is 2.92. The lowest BCUT2D eigenvalue weighted by atomic mass is 9.92. The number of rotatable bonds is 8. The van der Waals surface area contributed by atoms with E-state index < -0.39 is 0 Å². The molecule has 0 radical (unpaired) electrons. The minimum absolute atomic E-state index is 0.369. The Morgan fingerprint density at radius 1 is 1.43 bits per heavy atom. The van der Waals surface area contributed by atoms with Crippen LogP contribution in [0.25, 0.3) is 0 Å². The first kappa shape index (κ1) is 16.8. The minimum atomic E-state index is 0.369. The largest absolute Gasteiger partial charge is 0.383 e. The van der Waals surface area contributed by atoms with Crippen molar-refractivity contribution in [2.45, 2.75) is 44.3 Å². The first-order valence-corrected chi connectivity index (χ1v) is 8.17. The second kappa shape index (κ2) is 8.74. The molecule has 4 heteroatoms. The van der Waals surface area contributed by atoms with Gasteiger partial charge in [0.05, 0.1) is 18.8 Å². The third kappa shape index (κ3) is 5.59. The average Bonchev–Trinajstić information content (AvgIpc) is 2.87. The van der Waals surface area contributed by atoms with Crippen molar-refractivity contribution >= 4 is 11.6 Å². The maximum atomic E-state index is 6.14. The molecular weight excluding hydrogens is 286 g/mol. The molecule has 1 aromatic carbocycles. The molecule has 1 aliphatic heterocycles. The molecule has 0 saturated carbocycles. The Morgan fingerprint density at radius 2 is 2.29 bits per heavy atom. The van der Waals surface area contributed by atoms with Crippen molar-refractivity contribution in [2.24, 2.45) is 0 Å². The minimum Gasteiger partial charge on any atom is -0.383 e. The Bertz CT molecular complexity index is 427. The van der Waals surface area contributed by atoms with Crippen LogP contribution in [0, 0.1) is 0 Å². The summed E-state index contributed by atoms with van der Waals surface area (Å²) in [4.78, 5) is 0. The summed E-state index contributed by atoms with van der Waals surface area (Å²) in [5.74, 6) is 0.427. The molecule has 2 rings (SSSR count).